The molecule has 0 aliphatic carbocycles. The fraction of sp³-hybridized carbons (Fsp3) is 0.471. The van der Waals surface area contributed by atoms with Crippen molar-refractivity contribution in [1.82, 2.24) is 10.2 Å². The molecule has 4 nitrogen and oxygen atoms in total. The van der Waals surface area contributed by atoms with Gasteiger partial charge in [0, 0.05) is 32.3 Å². The monoisotopic (exact) mass is 288 g/mol. The van der Waals surface area contributed by atoms with Gasteiger partial charge in [0.05, 0.1) is 13.2 Å². The summed E-state index contributed by atoms with van der Waals surface area (Å²) in [5, 5.41) is 2.97. The van der Waals surface area contributed by atoms with Gasteiger partial charge in [-0.25, -0.2) is 0 Å². The molecule has 0 unspecified atom stereocenters. The molecule has 1 amide bonds. The van der Waals surface area contributed by atoms with Crippen molar-refractivity contribution in [3.63, 3.8) is 0 Å². The van der Waals surface area contributed by atoms with E-state index in [4.69, 9.17) is 4.74 Å². The molecule has 0 atom stereocenters. The highest BCUT2D eigenvalue weighted by molar-refractivity contribution is 5.95. The Bertz CT molecular complexity index is 465. The van der Waals surface area contributed by atoms with Crippen molar-refractivity contribution >= 4 is 11.5 Å². The van der Waals surface area contributed by atoms with Gasteiger partial charge in [0.25, 0.3) is 0 Å². The number of rotatable bonds is 6. The van der Waals surface area contributed by atoms with Crippen molar-refractivity contribution in [2.75, 3.05) is 39.4 Å². The molecule has 1 aromatic rings. The highest BCUT2D eigenvalue weighted by atomic mass is 16.5. The molecule has 1 aliphatic heterocycles. The smallest absolute Gasteiger partial charge is 0.244 e. The summed E-state index contributed by atoms with van der Waals surface area (Å²) in [6.07, 6.45) is 2.57. The van der Waals surface area contributed by atoms with Crippen LogP contribution in [0.2, 0.25) is 0 Å². The van der Waals surface area contributed by atoms with Crippen LogP contribution < -0.4 is 5.32 Å². The van der Waals surface area contributed by atoms with E-state index in [0.29, 0.717) is 6.54 Å². The molecular formula is C17H24N2O2. The second kappa shape index (κ2) is 8.60. The SMILES string of the molecule is CC/C(=C\C(=O)NCCN1CCOCC1)c1ccccc1. The number of nitrogens with zero attached hydrogens (tertiary/aromatic N) is 1. The number of morpholine rings is 1. The van der Waals surface area contributed by atoms with Crippen molar-refractivity contribution in [2.45, 2.75) is 13.3 Å². The van der Waals surface area contributed by atoms with E-state index in [1.165, 1.54) is 0 Å². The zero-order chi connectivity index (χ0) is 14.9. The molecule has 0 aromatic heterocycles. The van der Waals surface area contributed by atoms with Gasteiger partial charge >= 0.3 is 0 Å². The summed E-state index contributed by atoms with van der Waals surface area (Å²) in [6, 6.07) is 10.1. The van der Waals surface area contributed by atoms with E-state index in [0.717, 1.165) is 50.4 Å². The summed E-state index contributed by atoms with van der Waals surface area (Å²) in [5.41, 5.74) is 2.18. The summed E-state index contributed by atoms with van der Waals surface area (Å²) in [6.45, 7) is 7.13. The molecule has 0 saturated carbocycles. The predicted molar refractivity (Wildman–Crippen MR) is 85.0 cm³/mol. The van der Waals surface area contributed by atoms with Gasteiger partial charge in [-0.2, -0.15) is 0 Å². The largest absolute Gasteiger partial charge is 0.379 e. The van der Waals surface area contributed by atoms with Gasteiger partial charge in [-0.05, 0) is 17.6 Å². The average molecular weight is 288 g/mol. The van der Waals surface area contributed by atoms with E-state index in [9.17, 15) is 4.79 Å². The lowest BCUT2D eigenvalue weighted by atomic mass is 10.0. The molecule has 4 heteroatoms. The molecule has 0 spiro atoms. The quantitative estimate of drug-likeness (QED) is 0.813. The Morgan fingerprint density at radius 2 is 2.00 bits per heavy atom. The second-order valence-corrected chi connectivity index (χ2v) is 5.13. The first-order chi connectivity index (χ1) is 10.3. The van der Waals surface area contributed by atoms with Crippen LogP contribution in [0.5, 0.6) is 0 Å². The van der Waals surface area contributed by atoms with E-state index in [2.05, 4.69) is 17.1 Å². The first-order valence-electron chi connectivity index (χ1n) is 7.63. The predicted octanol–water partition coefficient (Wildman–Crippen LogP) is 1.93. The third-order valence-electron chi connectivity index (χ3n) is 3.66. The molecule has 1 aromatic carbocycles. The van der Waals surface area contributed by atoms with Crippen LogP contribution in [0, 0.1) is 0 Å². The number of nitrogens with one attached hydrogen (secondary N) is 1. The van der Waals surface area contributed by atoms with Crippen LogP contribution >= 0.6 is 0 Å². The summed E-state index contributed by atoms with van der Waals surface area (Å²) >= 11 is 0. The number of amides is 1. The molecular weight excluding hydrogens is 264 g/mol. The minimum atomic E-state index is -0.0102. The van der Waals surface area contributed by atoms with Crippen LogP contribution in [-0.2, 0) is 9.53 Å². The molecule has 1 aliphatic rings. The zero-order valence-corrected chi connectivity index (χ0v) is 12.7. The number of ether oxygens (including phenoxy) is 1. The lowest BCUT2D eigenvalue weighted by Crippen LogP contribution is -2.41. The third kappa shape index (κ3) is 5.33. The Morgan fingerprint density at radius 1 is 1.29 bits per heavy atom. The Hall–Kier alpha value is -1.65. The van der Waals surface area contributed by atoms with Gasteiger partial charge in [0.15, 0.2) is 0 Å². The fourth-order valence-electron chi connectivity index (χ4n) is 2.41. The maximum atomic E-state index is 12.0. The molecule has 2 rings (SSSR count). The topological polar surface area (TPSA) is 41.6 Å². The minimum Gasteiger partial charge on any atom is -0.379 e. The van der Waals surface area contributed by atoms with E-state index >= 15 is 0 Å². The molecule has 1 N–H and O–H groups in total. The van der Waals surface area contributed by atoms with Crippen LogP contribution in [0.3, 0.4) is 0 Å². The van der Waals surface area contributed by atoms with Crippen molar-refractivity contribution in [1.29, 1.82) is 0 Å². The van der Waals surface area contributed by atoms with Gasteiger partial charge in [-0.3, -0.25) is 9.69 Å². The molecule has 114 valence electrons. The minimum absolute atomic E-state index is 0.0102. The van der Waals surface area contributed by atoms with Crippen LogP contribution in [0.4, 0.5) is 0 Å². The third-order valence-corrected chi connectivity index (χ3v) is 3.66. The highest BCUT2D eigenvalue weighted by Crippen LogP contribution is 2.16. The van der Waals surface area contributed by atoms with Crippen LogP contribution in [0.15, 0.2) is 36.4 Å². The molecule has 1 heterocycles. The number of hydrogen-bond donors (Lipinski definition) is 1. The maximum Gasteiger partial charge on any atom is 0.244 e. The number of hydrogen-bond acceptors (Lipinski definition) is 3. The van der Waals surface area contributed by atoms with E-state index in [1.54, 1.807) is 6.08 Å². The van der Waals surface area contributed by atoms with E-state index in [-0.39, 0.29) is 5.91 Å². The molecule has 0 bridgehead atoms. The van der Waals surface area contributed by atoms with Crippen LogP contribution in [-0.4, -0.2) is 50.2 Å². The van der Waals surface area contributed by atoms with Gasteiger partial charge in [0.2, 0.25) is 5.91 Å². The Labute approximate surface area is 126 Å². The first kappa shape index (κ1) is 15.7. The average Bonchev–Trinajstić information content (AvgIpc) is 2.54. The Balaban J connectivity index is 1.80. The summed E-state index contributed by atoms with van der Waals surface area (Å²) in [5.74, 6) is -0.0102. The summed E-state index contributed by atoms with van der Waals surface area (Å²) in [4.78, 5) is 14.3. The standard InChI is InChI=1S/C17H24N2O2/c1-2-15(16-6-4-3-5-7-16)14-17(20)18-8-9-19-10-12-21-13-11-19/h3-7,14H,2,8-13H2,1H3,(H,18,20)/b15-14+. The normalized spacial score (nSPS) is 16.7. The fourth-order valence-corrected chi connectivity index (χ4v) is 2.41. The zero-order valence-electron chi connectivity index (χ0n) is 12.7. The van der Waals surface area contributed by atoms with Crippen molar-refractivity contribution in [3.8, 4) is 0 Å². The van der Waals surface area contributed by atoms with Crippen molar-refractivity contribution in [2.24, 2.45) is 0 Å². The molecule has 1 saturated heterocycles. The van der Waals surface area contributed by atoms with Crippen LogP contribution in [0.25, 0.3) is 5.57 Å². The lowest BCUT2D eigenvalue weighted by molar-refractivity contribution is -0.116. The van der Waals surface area contributed by atoms with Gasteiger partial charge < -0.3 is 10.1 Å². The van der Waals surface area contributed by atoms with Gasteiger partial charge in [-0.15, -0.1) is 0 Å². The van der Waals surface area contributed by atoms with Crippen molar-refractivity contribution in [3.05, 3.63) is 42.0 Å². The van der Waals surface area contributed by atoms with E-state index in [1.807, 2.05) is 30.3 Å². The lowest BCUT2D eigenvalue weighted by Gasteiger charge is -2.26. The number of carbonyl (C=O) groups is 1. The van der Waals surface area contributed by atoms with Crippen LogP contribution in [0.1, 0.15) is 18.9 Å². The second-order valence-electron chi connectivity index (χ2n) is 5.13. The Kier molecular flexibility index (Phi) is 6.44. The van der Waals surface area contributed by atoms with E-state index < -0.39 is 0 Å². The first-order valence-corrected chi connectivity index (χ1v) is 7.63. The number of allylic oxidation sites excluding steroid dienone is 1. The molecule has 21 heavy (non-hydrogen) atoms. The van der Waals surface area contributed by atoms with Crippen molar-refractivity contribution < 1.29 is 9.53 Å². The highest BCUT2D eigenvalue weighted by Gasteiger charge is 2.10. The maximum absolute atomic E-state index is 12.0. The molecule has 0 radical (unpaired) electrons. The molecule has 1 fully saturated rings. The van der Waals surface area contributed by atoms with Gasteiger partial charge in [-0.1, -0.05) is 37.3 Å². The number of benzene rings is 1. The number of carbonyl (C=O) groups excluding carboxylic acids is 1. The van der Waals surface area contributed by atoms with Gasteiger partial charge in [0.1, 0.15) is 0 Å². The Morgan fingerprint density at radius 3 is 2.67 bits per heavy atom. The summed E-state index contributed by atoms with van der Waals surface area (Å²) in [7, 11) is 0. The summed E-state index contributed by atoms with van der Waals surface area (Å²) < 4.78 is 5.30.